The predicted octanol–water partition coefficient (Wildman–Crippen LogP) is 2.93. The molecule has 1 aromatic heterocycles. The number of anilines is 2. The first-order chi connectivity index (χ1) is 12.6. The van der Waals surface area contributed by atoms with Crippen LogP contribution in [0.3, 0.4) is 0 Å². The second-order valence-electron chi connectivity index (χ2n) is 6.18. The van der Waals surface area contributed by atoms with Crippen molar-refractivity contribution in [3.63, 3.8) is 0 Å². The van der Waals surface area contributed by atoms with Crippen LogP contribution in [0.15, 0.2) is 30.3 Å². The summed E-state index contributed by atoms with van der Waals surface area (Å²) in [5.74, 6) is 1.77. The Bertz CT molecular complexity index is 993. The van der Waals surface area contributed by atoms with E-state index in [1.165, 1.54) is 6.07 Å². The highest BCUT2D eigenvalue weighted by Crippen LogP contribution is 2.34. The van der Waals surface area contributed by atoms with E-state index < -0.39 is 0 Å². The minimum atomic E-state index is -0.202. The van der Waals surface area contributed by atoms with Gasteiger partial charge in [-0.3, -0.25) is 0 Å². The van der Waals surface area contributed by atoms with Gasteiger partial charge in [-0.25, -0.2) is 9.37 Å². The van der Waals surface area contributed by atoms with Gasteiger partial charge < -0.3 is 20.1 Å². The van der Waals surface area contributed by atoms with E-state index in [0.29, 0.717) is 52.8 Å². The van der Waals surface area contributed by atoms with Gasteiger partial charge in [0.15, 0.2) is 11.5 Å². The topological polar surface area (TPSA) is 73.5 Å². The third kappa shape index (κ3) is 2.65. The van der Waals surface area contributed by atoms with Crippen molar-refractivity contribution in [1.82, 2.24) is 9.97 Å². The Morgan fingerprint density at radius 1 is 1.12 bits per heavy atom. The minimum absolute atomic E-state index is 0.202. The molecule has 0 fully saturated rings. The number of rotatable bonds is 3. The first-order valence-corrected chi connectivity index (χ1v) is 8.31. The van der Waals surface area contributed by atoms with Crippen LogP contribution >= 0.6 is 0 Å². The summed E-state index contributed by atoms with van der Waals surface area (Å²) in [5, 5.41) is 0.690. The predicted molar refractivity (Wildman–Crippen MR) is 98.2 cm³/mol. The zero-order chi connectivity index (χ0) is 18.3. The molecule has 3 aromatic rings. The number of methoxy groups -OCH3 is 2. The zero-order valence-electron chi connectivity index (χ0n) is 14.6. The average molecular weight is 354 g/mol. The summed E-state index contributed by atoms with van der Waals surface area (Å²) >= 11 is 0. The van der Waals surface area contributed by atoms with Gasteiger partial charge in [0.25, 0.3) is 0 Å². The van der Waals surface area contributed by atoms with Crippen molar-refractivity contribution in [3.05, 3.63) is 47.3 Å². The molecular weight excluding hydrogens is 335 g/mol. The number of halogens is 1. The van der Waals surface area contributed by atoms with Crippen molar-refractivity contribution >= 4 is 22.7 Å². The van der Waals surface area contributed by atoms with Crippen LogP contribution in [0.1, 0.15) is 11.1 Å². The van der Waals surface area contributed by atoms with Crippen molar-refractivity contribution in [1.29, 1.82) is 0 Å². The van der Waals surface area contributed by atoms with E-state index in [1.807, 2.05) is 11.0 Å². The highest BCUT2D eigenvalue weighted by Gasteiger charge is 2.22. The third-order valence-corrected chi connectivity index (χ3v) is 4.72. The molecule has 6 nitrogen and oxygen atoms in total. The molecule has 0 unspecified atom stereocenters. The van der Waals surface area contributed by atoms with Crippen molar-refractivity contribution in [2.24, 2.45) is 0 Å². The molecule has 0 saturated heterocycles. The van der Waals surface area contributed by atoms with Crippen LogP contribution in [0.4, 0.5) is 16.2 Å². The Morgan fingerprint density at radius 2 is 1.88 bits per heavy atom. The van der Waals surface area contributed by atoms with E-state index >= 15 is 0 Å². The molecule has 0 radical (unpaired) electrons. The van der Waals surface area contributed by atoms with Gasteiger partial charge in [0.2, 0.25) is 5.95 Å². The van der Waals surface area contributed by atoms with Gasteiger partial charge in [0, 0.05) is 30.1 Å². The van der Waals surface area contributed by atoms with E-state index in [9.17, 15) is 4.39 Å². The van der Waals surface area contributed by atoms with E-state index in [-0.39, 0.29) is 5.82 Å². The molecule has 0 aliphatic carbocycles. The van der Waals surface area contributed by atoms with E-state index in [1.54, 1.807) is 32.4 Å². The number of nitrogens with two attached hydrogens (primary N) is 1. The molecule has 2 aromatic carbocycles. The fourth-order valence-corrected chi connectivity index (χ4v) is 3.32. The largest absolute Gasteiger partial charge is 0.493 e. The maximum atomic E-state index is 14.2. The molecule has 0 spiro atoms. The lowest BCUT2D eigenvalue weighted by atomic mass is 9.99. The Kier molecular flexibility index (Phi) is 3.99. The first kappa shape index (κ1) is 16.4. The first-order valence-electron chi connectivity index (χ1n) is 8.31. The number of ether oxygens (including phenoxy) is 2. The summed E-state index contributed by atoms with van der Waals surface area (Å²) in [5.41, 5.74) is 8.53. The number of benzene rings is 2. The summed E-state index contributed by atoms with van der Waals surface area (Å²) in [6.07, 6.45) is 0.736. The normalized spacial score (nSPS) is 13.6. The van der Waals surface area contributed by atoms with Gasteiger partial charge in [0.1, 0.15) is 11.6 Å². The smallest absolute Gasteiger partial charge is 0.228 e. The van der Waals surface area contributed by atoms with E-state index in [0.717, 1.165) is 12.0 Å². The minimum Gasteiger partial charge on any atom is -0.493 e. The number of fused-ring (bicyclic) bond motifs is 2. The molecule has 2 N–H and O–H groups in total. The summed E-state index contributed by atoms with van der Waals surface area (Å²) in [6.45, 7) is 1.12. The van der Waals surface area contributed by atoms with Crippen LogP contribution in [-0.2, 0) is 13.0 Å². The number of hydrogen-bond donors (Lipinski definition) is 1. The molecule has 26 heavy (non-hydrogen) atoms. The lowest BCUT2D eigenvalue weighted by molar-refractivity contribution is 0.356. The molecule has 134 valence electrons. The summed E-state index contributed by atoms with van der Waals surface area (Å²) in [7, 11) is 3.13. The lowest BCUT2D eigenvalue weighted by Crippen LogP contribution is -2.32. The quantitative estimate of drug-likeness (QED) is 0.780. The lowest BCUT2D eigenvalue weighted by Gasteiger charge is -2.29. The molecule has 0 bridgehead atoms. The number of nitrogen functional groups attached to an aromatic ring is 1. The highest BCUT2D eigenvalue weighted by molar-refractivity contribution is 5.91. The van der Waals surface area contributed by atoms with Crippen LogP contribution < -0.4 is 20.1 Å². The molecule has 1 aliphatic rings. The zero-order valence-corrected chi connectivity index (χ0v) is 14.6. The summed E-state index contributed by atoms with van der Waals surface area (Å²) < 4.78 is 24.8. The standard InChI is InChI=1S/C19H19FN4O2/c1-25-16-8-12-15(9-17(16)26-2)22-19(23-18(12)21)24-7-6-11-4-3-5-14(20)13(11)10-24/h3-5,8-9H,6-7,10H2,1-2H3,(H2,21,22,23). The summed E-state index contributed by atoms with van der Waals surface area (Å²) in [6, 6.07) is 8.72. The maximum Gasteiger partial charge on any atom is 0.228 e. The van der Waals surface area contributed by atoms with Crippen LogP contribution in [0.2, 0.25) is 0 Å². The highest BCUT2D eigenvalue weighted by atomic mass is 19.1. The Morgan fingerprint density at radius 3 is 2.65 bits per heavy atom. The van der Waals surface area contributed by atoms with Crippen molar-refractivity contribution in [3.8, 4) is 11.5 Å². The van der Waals surface area contributed by atoms with E-state index in [4.69, 9.17) is 15.2 Å². The van der Waals surface area contributed by atoms with Gasteiger partial charge in [-0.05, 0) is 24.1 Å². The second kappa shape index (κ2) is 6.33. The van der Waals surface area contributed by atoms with Crippen LogP contribution in [-0.4, -0.2) is 30.7 Å². The Labute approximate surface area is 150 Å². The SMILES string of the molecule is COc1cc2nc(N3CCc4cccc(F)c4C3)nc(N)c2cc1OC. The van der Waals surface area contributed by atoms with Gasteiger partial charge in [0.05, 0.1) is 19.7 Å². The maximum absolute atomic E-state index is 14.2. The Hall–Kier alpha value is -3.09. The third-order valence-electron chi connectivity index (χ3n) is 4.72. The van der Waals surface area contributed by atoms with Crippen molar-refractivity contribution in [2.75, 3.05) is 31.4 Å². The van der Waals surface area contributed by atoms with Crippen LogP contribution in [0.5, 0.6) is 11.5 Å². The molecule has 0 atom stereocenters. The molecule has 1 aliphatic heterocycles. The van der Waals surface area contributed by atoms with Crippen LogP contribution in [0.25, 0.3) is 10.9 Å². The van der Waals surface area contributed by atoms with Crippen molar-refractivity contribution < 1.29 is 13.9 Å². The van der Waals surface area contributed by atoms with Gasteiger partial charge >= 0.3 is 0 Å². The molecule has 0 amide bonds. The number of hydrogen-bond acceptors (Lipinski definition) is 6. The fourth-order valence-electron chi connectivity index (χ4n) is 3.32. The molecule has 4 rings (SSSR count). The number of nitrogens with zero attached hydrogens (tertiary/aromatic N) is 3. The Balaban J connectivity index is 1.77. The van der Waals surface area contributed by atoms with Gasteiger partial charge in [-0.1, -0.05) is 12.1 Å². The van der Waals surface area contributed by atoms with Crippen molar-refractivity contribution in [2.45, 2.75) is 13.0 Å². The monoisotopic (exact) mass is 354 g/mol. The van der Waals surface area contributed by atoms with E-state index in [2.05, 4.69) is 9.97 Å². The molecule has 7 heteroatoms. The average Bonchev–Trinajstić information content (AvgIpc) is 2.67. The van der Waals surface area contributed by atoms with Gasteiger partial charge in [-0.15, -0.1) is 0 Å². The molecule has 2 heterocycles. The van der Waals surface area contributed by atoms with Gasteiger partial charge in [-0.2, -0.15) is 4.98 Å². The molecule has 0 saturated carbocycles. The number of aromatic nitrogens is 2. The molecular formula is C19H19FN4O2. The second-order valence-corrected chi connectivity index (χ2v) is 6.18. The summed E-state index contributed by atoms with van der Waals surface area (Å²) in [4.78, 5) is 11.0. The fraction of sp³-hybridized carbons (Fsp3) is 0.263. The van der Waals surface area contributed by atoms with Crippen LogP contribution in [0, 0.1) is 5.82 Å².